The number of methoxy groups -OCH3 is 1. The molecule has 0 N–H and O–H groups in total. The fraction of sp³-hybridized carbons (Fsp3) is 0.100. The summed E-state index contributed by atoms with van der Waals surface area (Å²) in [5, 5.41) is 2.48. The molecule has 2 aromatic rings. The number of pyridine rings is 1. The molecule has 1 aromatic heterocycles. The van der Waals surface area contributed by atoms with Gasteiger partial charge in [0.15, 0.2) is 0 Å². The Hall–Kier alpha value is -0.800. The minimum Gasteiger partial charge on any atom is -0.481 e. The summed E-state index contributed by atoms with van der Waals surface area (Å²) in [7, 11) is 1.59. The lowest BCUT2D eigenvalue weighted by Gasteiger charge is -2.05. The second-order valence-corrected chi connectivity index (χ2v) is 4.13. The van der Waals surface area contributed by atoms with Crippen molar-refractivity contribution >= 4 is 38.3 Å². The fourth-order valence-corrected chi connectivity index (χ4v) is 1.88. The number of nitrogens with zero attached hydrogens (tertiary/aromatic N) is 1. The lowest BCUT2D eigenvalue weighted by molar-refractivity contribution is 0.403. The molecule has 14 heavy (non-hydrogen) atoms. The first kappa shape index (κ1) is 9.74. The molecule has 0 spiro atoms. The Morgan fingerprint density at radius 3 is 2.86 bits per heavy atom. The fourth-order valence-electron chi connectivity index (χ4n) is 1.32. The first-order chi connectivity index (χ1) is 6.72. The number of rotatable bonds is 1. The Labute approximate surface area is 95.0 Å². The van der Waals surface area contributed by atoms with Gasteiger partial charge in [-0.2, -0.15) is 0 Å². The summed E-state index contributed by atoms with van der Waals surface area (Å²) < 4.78 is 6.12. The zero-order valence-electron chi connectivity index (χ0n) is 7.42. The second-order valence-electron chi connectivity index (χ2n) is 2.81. The van der Waals surface area contributed by atoms with E-state index in [9.17, 15) is 0 Å². The van der Waals surface area contributed by atoms with Gasteiger partial charge in [0.25, 0.3) is 0 Å². The van der Waals surface area contributed by atoms with Crippen molar-refractivity contribution in [3.63, 3.8) is 0 Å². The smallest absolute Gasteiger partial charge is 0.221 e. The molecule has 1 aromatic carbocycles. The van der Waals surface area contributed by atoms with Gasteiger partial charge < -0.3 is 4.74 Å². The molecule has 0 aliphatic rings. The van der Waals surface area contributed by atoms with Crippen LogP contribution >= 0.6 is 27.5 Å². The highest BCUT2D eigenvalue weighted by Gasteiger charge is 2.06. The third-order valence-electron chi connectivity index (χ3n) is 1.96. The maximum Gasteiger partial charge on any atom is 0.221 e. The second kappa shape index (κ2) is 3.75. The van der Waals surface area contributed by atoms with E-state index in [1.165, 1.54) is 0 Å². The van der Waals surface area contributed by atoms with E-state index >= 15 is 0 Å². The Balaban J connectivity index is 2.84. The monoisotopic (exact) mass is 271 g/mol. The third-order valence-corrected chi connectivity index (χ3v) is 2.75. The van der Waals surface area contributed by atoms with Crippen molar-refractivity contribution in [3.8, 4) is 5.88 Å². The molecular formula is C10H7BrClNO. The average molecular weight is 273 g/mol. The van der Waals surface area contributed by atoms with Crippen LogP contribution in [0.1, 0.15) is 0 Å². The molecule has 2 nitrogen and oxygen atoms in total. The maximum absolute atomic E-state index is 6.02. The summed E-state index contributed by atoms with van der Waals surface area (Å²) in [4.78, 5) is 4.09. The molecule has 72 valence electrons. The highest BCUT2D eigenvalue weighted by atomic mass is 79.9. The normalized spacial score (nSPS) is 10.5. The summed E-state index contributed by atoms with van der Waals surface area (Å²) in [5.41, 5.74) is 0. The van der Waals surface area contributed by atoms with E-state index in [1.807, 2.05) is 18.2 Å². The van der Waals surface area contributed by atoms with Crippen molar-refractivity contribution in [3.05, 3.63) is 33.9 Å². The van der Waals surface area contributed by atoms with Crippen LogP contribution in [-0.2, 0) is 0 Å². The lowest BCUT2D eigenvalue weighted by atomic mass is 10.2. The summed E-state index contributed by atoms with van der Waals surface area (Å²) in [5.74, 6) is 0.594. The van der Waals surface area contributed by atoms with Gasteiger partial charge in [-0.1, -0.05) is 27.5 Å². The molecule has 0 saturated heterocycles. The van der Waals surface area contributed by atoms with Crippen molar-refractivity contribution in [1.29, 1.82) is 0 Å². The maximum atomic E-state index is 6.02. The Morgan fingerprint density at radius 1 is 1.36 bits per heavy atom. The number of halogens is 2. The van der Waals surface area contributed by atoms with Crippen LogP contribution in [0.25, 0.3) is 10.8 Å². The predicted octanol–water partition coefficient (Wildman–Crippen LogP) is 3.66. The zero-order chi connectivity index (χ0) is 10.1. The first-order valence-corrected chi connectivity index (χ1v) is 5.17. The topological polar surface area (TPSA) is 22.1 Å². The molecule has 0 aliphatic heterocycles. The van der Waals surface area contributed by atoms with Gasteiger partial charge in [0.2, 0.25) is 5.88 Å². The summed E-state index contributed by atoms with van der Waals surface area (Å²) >= 11 is 9.41. The van der Waals surface area contributed by atoms with Gasteiger partial charge in [-0.25, -0.2) is 4.98 Å². The summed E-state index contributed by atoms with van der Waals surface area (Å²) in [6.07, 6.45) is 1.59. The van der Waals surface area contributed by atoms with Crippen molar-refractivity contribution in [2.45, 2.75) is 0 Å². The Morgan fingerprint density at radius 2 is 2.14 bits per heavy atom. The van der Waals surface area contributed by atoms with E-state index in [-0.39, 0.29) is 0 Å². The van der Waals surface area contributed by atoms with Crippen LogP contribution in [0, 0.1) is 0 Å². The van der Waals surface area contributed by atoms with Gasteiger partial charge in [0.05, 0.1) is 18.3 Å². The summed E-state index contributed by atoms with van der Waals surface area (Å²) in [6.45, 7) is 0. The van der Waals surface area contributed by atoms with Crippen LogP contribution in [0.2, 0.25) is 5.02 Å². The van der Waals surface area contributed by atoms with Crippen molar-refractivity contribution in [2.24, 2.45) is 0 Å². The minimum absolute atomic E-state index is 0.594. The SMILES string of the molecule is COc1ncc(Cl)c2cc(Br)ccc12. The van der Waals surface area contributed by atoms with Crippen LogP contribution in [-0.4, -0.2) is 12.1 Å². The van der Waals surface area contributed by atoms with Gasteiger partial charge >= 0.3 is 0 Å². The molecule has 0 radical (unpaired) electrons. The molecule has 0 bridgehead atoms. The highest BCUT2D eigenvalue weighted by Crippen LogP contribution is 2.31. The van der Waals surface area contributed by atoms with Crippen LogP contribution < -0.4 is 4.74 Å². The number of fused-ring (bicyclic) bond motifs is 1. The van der Waals surface area contributed by atoms with Crippen molar-refractivity contribution in [2.75, 3.05) is 7.11 Å². The van der Waals surface area contributed by atoms with E-state index in [1.54, 1.807) is 13.3 Å². The van der Waals surface area contributed by atoms with Gasteiger partial charge in [-0.05, 0) is 18.2 Å². The predicted molar refractivity (Wildman–Crippen MR) is 61.0 cm³/mol. The number of hydrogen-bond donors (Lipinski definition) is 0. The lowest BCUT2D eigenvalue weighted by Crippen LogP contribution is -1.89. The van der Waals surface area contributed by atoms with Crippen LogP contribution in [0.5, 0.6) is 5.88 Å². The Bertz CT molecular complexity index is 487. The van der Waals surface area contributed by atoms with Gasteiger partial charge in [0, 0.05) is 15.2 Å². The van der Waals surface area contributed by atoms with E-state index in [0.717, 1.165) is 15.2 Å². The minimum atomic E-state index is 0.594. The number of hydrogen-bond acceptors (Lipinski definition) is 2. The molecule has 0 saturated carbocycles. The number of aromatic nitrogens is 1. The molecule has 1 heterocycles. The molecule has 0 amide bonds. The molecule has 0 atom stereocenters. The largest absolute Gasteiger partial charge is 0.481 e. The molecule has 0 unspecified atom stereocenters. The van der Waals surface area contributed by atoms with E-state index in [2.05, 4.69) is 20.9 Å². The highest BCUT2D eigenvalue weighted by molar-refractivity contribution is 9.10. The standard InChI is InChI=1S/C10H7BrClNO/c1-14-10-7-3-2-6(11)4-8(7)9(12)5-13-10/h2-5H,1H3. The Kier molecular flexibility index (Phi) is 2.61. The number of benzene rings is 1. The first-order valence-electron chi connectivity index (χ1n) is 4.00. The van der Waals surface area contributed by atoms with Crippen molar-refractivity contribution < 1.29 is 4.74 Å². The van der Waals surface area contributed by atoms with E-state index in [4.69, 9.17) is 16.3 Å². The van der Waals surface area contributed by atoms with Crippen LogP contribution in [0.3, 0.4) is 0 Å². The van der Waals surface area contributed by atoms with E-state index in [0.29, 0.717) is 10.9 Å². The quantitative estimate of drug-likeness (QED) is 0.790. The molecule has 0 aliphatic carbocycles. The molecular weight excluding hydrogens is 265 g/mol. The average Bonchev–Trinajstić information content (AvgIpc) is 2.19. The third kappa shape index (κ3) is 1.57. The van der Waals surface area contributed by atoms with Crippen LogP contribution in [0.15, 0.2) is 28.9 Å². The number of ether oxygens (including phenoxy) is 1. The summed E-state index contributed by atoms with van der Waals surface area (Å²) in [6, 6.07) is 5.81. The van der Waals surface area contributed by atoms with Crippen molar-refractivity contribution in [1.82, 2.24) is 4.98 Å². The van der Waals surface area contributed by atoms with Gasteiger partial charge in [-0.3, -0.25) is 0 Å². The molecule has 4 heteroatoms. The zero-order valence-corrected chi connectivity index (χ0v) is 9.76. The van der Waals surface area contributed by atoms with Gasteiger partial charge in [-0.15, -0.1) is 0 Å². The van der Waals surface area contributed by atoms with Crippen LogP contribution in [0.4, 0.5) is 0 Å². The van der Waals surface area contributed by atoms with Gasteiger partial charge in [0.1, 0.15) is 0 Å². The molecule has 0 fully saturated rings. The van der Waals surface area contributed by atoms with E-state index < -0.39 is 0 Å². The molecule has 2 rings (SSSR count).